The van der Waals surface area contributed by atoms with Gasteiger partial charge in [-0.25, -0.2) is 14.4 Å². The van der Waals surface area contributed by atoms with Crippen LogP contribution in [0.1, 0.15) is 27.2 Å². The maximum atomic E-state index is 12.4. The number of carbonyl (C=O) groups excluding carboxylic acids is 3. The zero-order valence-electron chi connectivity index (χ0n) is 15.0. The van der Waals surface area contributed by atoms with E-state index in [9.17, 15) is 24.6 Å². The lowest BCUT2D eigenvalue weighted by molar-refractivity contribution is -0.315. The van der Waals surface area contributed by atoms with Crippen molar-refractivity contribution in [3.63, 3.8) is 0 Å². The van der Waals surface area contributed by atoms with Crippen molar-refractivity contribution in [2.75, 3.05) is 19.8 Å². The predicted octanol–water partition coefficient (Wildman–Crippen LogP) is 0.106. The number of ether oxygens (including phenoxy) is 3. The van der Waals surface area contributed by atoms with Crippen molar-refractivity contribution in [2.24, 2.45) is 0 Å². The van der Waals surface area contributed by atoms with Crippen LogP contribution < -0.4 is 0 Å². The van der Waals surface area contributed by atoms with E-state index < -0.39 is 43.7 Å². The van der Waals surface area contributed by atoms with Gasteiger partial charge in [-0.3, -0.25) is 0 Å². The summed E-state index contributed by atoms with van der Waals surface area (Å²) in [4.78, 5) is 35.9. The Kier molecular flexibility index (Phi) is 9.49. The Morgan fingerprint density at radius 2 is 1.23 bits per heavy atom. The summed E-state index contributed by atoms with van der Waals surface area (Å²) >= 11 is 0. The standard InChI is InChI=1S/C17H24O9/c1-10(2)14(21)24-17(5,25-15(22)11(3)4)26-16(23)13(6-7-18)12(8-19)9-20/h18-20H,1,3,6-9H2,2,4-5H3. The molecule has 0 bridgehead atoms. The molecule has 0 aromatic heterocycles. The molecule has 26 heavy (non-hydrogen) atoms. The second-order valence-corrected chi connectivity index (χ2v) is 5.46. The van der Waals surface area contributed by atoms with Gasteiger partial charge in [-0.05, 0) is 19.4 Å². The summed E-state index contributed by atoms with van der Waals surface area (Å²) in [6, 6.07) is 0. The first-order valence-electron chi connectivity index (χ1n) is 7.55. The van der Waals surface area contributed by atoms with Crippen molar-refractivity contribution in [1.82, 2.24) is 0 Å². The van der Waals surface area contributed by atoms with Crippen LogP contribution in [0.2, 0.25) is 0 Å². The minimum atomic E-state index is -2.46. The molecule has 0 rings (SSSR count). The van der Waals surface area contributed by atoms with Crippen LogP contribution in [-0.4, -0.2) is 59.0 Å². The Bertz CT molecular complexity index is 582. The maximum Gasteiger partial charge on any atom is 0.421 e. The van der Waals surface area contributed by atoms with Crippen LogP contribution in [0.4, 0.5) is 0 Å². The number of esters is 3. The van der Waals surface area contributed by atoms with E-state index in [4.69, 9.17) is 19.3 Å². The van der Waals surface area contributed by atoms with Crippen molar-refractivity contribution < 1.29 is 43.9 Å². The third-order valence-corrected chi connectivity index (χ3v) is 2.95. The molecule has 0 spiro atoms. The van der Waals surface area contributed by atoms with Gasteiger partial charge in [0.25, 0.3) is 0 Å². The van der Waals surface area contributed by atoms with Crippen LogP contribution >= 0.6 is 0 Å². The third-order valence-electron chi connectivity index (χ3n) is 2.95. The zero-order chi connectivity index (χ0) is 20.5. The van der Waals surface area contributed by atoms with Gasteiger partial charge in [0.15, 0.2) is 0 Å². The molecule has 0 aliphatic rings. The summed E-state index contributed by atoms with van der Waals surface area (Å²) in [6.07, 6.45) is -0.256. The average molecular weight is 372 g/mol. The van der Waals surface area contributed by atoms with E-state index in [0.29, 0.717) is 0 Å². The molecule has 0 atom stereocenters. The first-order chi connectivity index (χ1) is 12.0. The van der Waals surface area contributed by atoms with E-state index in [1.807, 2.05) is 0 Å². The predicted molar refractivity (Wildman–Crippen MR) is 89.2 cm³/mol. The molecule has 146 valence electrons. The Labute approximate surface area is 151 Å². The summed E-state index contributed by atoms with van der Waals surface area (Å²) in [7, 11) is 0. The highest BCUT2D eigenvalue weighted by atomic mass is 16.9. The average Bonchev–Trinajstić information content (AvgIpc) is 2.54. The second kappa shape index (κ2) is 10.5. The van der Waals surface area contributed by atoms with E-state index in [1.54, 1.807) is 0 Å². The summed E-state index contributed by atoms with van der Waals surface area (Å²) in [6.45, 7) is 8.58. The van der Waals surface area contributed by atoms with Crippen molar-refractivity contribution in [1.29, 1.82) is 0 Å². The smallest absolute Gasteiger partial charge is 0.396 e. The van der Waals surface area contributed by atoms with Crippen molar-refractivity contribution in [2.45, 2.75) is 33.2 Å². The van der Waals surface area contributed by atoms with E-state index in [2.05, 4.69) is 13.2 Å². The molecule has 0 amide bonds. The number of rotatable bonds is 10. The van der Waals surface area contributed by atoms with Crippen LogP contribution in [0, 0.1) is 0 Å². The summed E-state index contributed by atoms with van der Waals surface area (Å²) in [5.41, 5.74) is -0.447. The lowest BCUT2D eigenvalue weighted by Gasteiger charge is -2.28. The van der Waals surface area contributed by atoms with Gasteiger partial charge in [0.05, 0.1) is 20.1 Å². The van der Waals surface area contributed by atoms with Gasteiger partial charge in [-0.2, -0.15) is 0 Å². The number of hydrogen-bond donors (Lipinski definition) is 3. The lowest BCUT2D eigenvalue weighted by Crippen LogP contribution is -2.42. The van der Waals surface area contributed by atoms with E-state index in [0.717, 1.165) is 6.92 Å². The molecule has 0 radical (unpaired) electrons. The summed E-state index contributed by atoms with van der Waals surface area (Å²) < 4.78 is 14.8. The number of aliphatic hydroxyl groups is 3. The molecule has 9 heteroatoms. The van der Waals surface area contributed by atoms with Crippen LogP contribution in [-0.2, 0) is 28.6 Å². The van der Waals surface area contributed by atoms with Gasteiger partial charge in [0.1, 0.15) is 0 Å². The number of aliphatic hydroxyl groups excluding tert-OH is 3. The molecule has 0 saturated heterocycles. The molecule has 0 aliphatic heterocycles. The molecule has 0 aromatic rings. The normalized spacial score (nSPS) is 10.5. The van der Waals surface area contributed by atoms with E-state index in [-0.39, 0.29) is 28.7 Å². The van der Waals surface area contributed by atoms with Crippen molar-refractivity contribution in [3.8, 4) is 0 Å². The Morgan fingerprint density at radius 1 is 0.846 bits per heavy atom. The maximum absolute atomic E-state index is 12.4. The first kappa shape index (κ1) is 23.5. The lowest BCUT2D eigenvalue weighted by atomic mass is 10.1. The second-order valence-electron chi connectivity index (χ2n) is 5.46. The van der Waals surface area contributed by atoms with Crippen LogP contribution in [0.15, 0.2) is 35.5 Å². The van der Waals surface area contributed by atoms with E-state index >= 15 is 0 Å². The Morgan fingerprint density at radius 3 is 1.54 bits per heavy atom. The SMILES string of the molecule is C=C(C)C(=O)OC(C)(OC(=O)C(=C)C)OC(=O)C(CCO)=C(CO)CO. The Balaban J connectivity index is 5.75. The minimum Gasteiger partial charge on any atom is -0.396 e. The molecule has 0 unspecified atom stereocenters. The molecule has 0 saturated carbocycles. The molecular formula is C17H24O9. The molecule has 0 fully saturated rings. The fraction of sp³-hybridized carbons (Fsp3) is 0.471. The zero-order valence-corrected chi connectivity index (χ0v) is 15.0. The van der Waals surface area contributed by atoms with Gasteiger partial charge < -0.3 is 29.5 Å². The fourth-order valence-corrected chi connectivity index (χ4v) is 1.58. The molecule has 0 heterocycles. The van der Waals surface area contributed by atoms with Gasteiger partial charge in [0.2, 0.25) is 0 Å². The first-order valence-corrected chi connectivity index (χ1v) is 7.55. The van der Waals surface area contributed by atoms with Gasteiger partial charge >= 0.3 is 23.9 Å². The third kappa shape index (κ3) is 7.18. The molecule has 3 N–H and O–H groups in total. The van der Waals surface area contributed by atoms with E-state index in [1.165, 1.54) is 13.8 Å². The van der Waals surface area contributed by atoms with Crippen LogP contribution in [0.25, 0.3) is 0 Å². The van der Waals surface area contributed by atoms with Crippen molar-refractivity contribution >= 4 is 17.9 Å². The van der Waals surface area contributed by atoms with Gasteiger partial charge in [-0.15, -0.1) is 0 Å². The highest BCUT2D eigenvalue weighted by molar-refractivity contribution is 5.91. The highest BCUT2D eigenvalue weighted by Gasteiger charge is 2.39. The van der Waals surface area contributed by atoms with Gasteiger partial charge in [-0.1, -0.05) is 13.2 Å². The van der Waals surface area contributed by atoms with Crippen LogP contribution in [0.5, 0.6) is 0 Å². The number of hydrogen-bond acceptors (Lipinski definition) is 9. The summed E-state index contributed by atoms with van der Waals surface area (Å²) in [5, 5.41) is 27.5. The van der Waals surface area contributed by atoms with Crippen LogP contribution in [0.3, 0.4) is 0 Å². The molecule has 9 nitrogen and oxygen atoms in total. The molecule has 0 aliphatic carbocycles. The molecule has 0 aromatic carbocycles. The topological polar surface area (TPSA) is 140 Å². The van der Waals surface area contributed by atoms with Crippen molar-refractivity contribution in [3.05, 3.63) is 35.5 Å². The quantitative estimate of drug-likeness (QED) is 0.277. The highest BCUT2D eigenvalue weighted by Crippen LogP contribution is 2.22. The molecular weight excluding hydrogens is 348 g/mol. The largest absolute Gasteiger partial charge is 0.421 e. The minimum absolute atomic E-state index is 0.0452. The summed E-state index contributed by atoms with van der Waals surface area (Å²) in [5.74, 6) is -5.61. The number of carbonyl (C=O) groups is 3. The Hall–Kier alpha value is -2.49. The van der Waals surface area contributed by atoms with Gasteiger partial charge in [0, 0.05) is 29.7 Å². The monoisotopic (exact) mass is 372 g/mol. The fourth-order valence-electron chi connectivity index (χ4n) is 1.58.